The van der Waals surface area contributed by atoms with E-state index in [4.69, 9.17) is 14.2 Å². The van der Waals surface area contributed by atoms with Crippen molar-refractivity contribution < 1.29 is 28.5 Å². The lowest BCUT2D eigenvalue weighted by Gasteiger charge is -2.30. The number of hydrogen-bond donors (Lipinski definition) is 4. The van der Waals surface area contributed by atoms with E-state index in [0.717, 1.165) is 6.20 Å². The third-order valence-electron chi connectivity index (χ3n) is 4.71. The number of carbonyl (C=O) groups excluding carboxylic acids is 1. The average Bonchev–Trinajstić information content (AvgIpc) is 2.76. The van der Waals surface area contributed by atoms with Crippen molar-refractivity contribution in [3.8, 4) is 23.0 Å². The highest BCUT2D eigenvalue weighted by atomic mass is 19.1. The van der Waals surface area contributed by atoms with Crippen LogP contribution >= 0.6 is 0 Å². The quantitative estimate of drug-likeness (QED) is 0.437. The molecule has 0 radical (unpaired) electrons. The van der Waals surface area contributed by atoms with E-state index in [-0.39, 0.29) is 46.6 Å². The molecule has 4 N–H and O–H groups in total. The third kappa shape index (κ3) is 4.35. The summed E-state index contributed by atoms with van der Waals surface area (Å²) in [6.45, 7) is 3.28. The Kier molecular flexibility index (Phi) is 5.50. The van der Waals surface area contributed by atoms with Gasteiger partial charge in [-0.15, -0.1) is 0 Å². The van der Waals surface area contributed by atoms with Crippen LogP contribution in [0.2, 0.25) is 0 Å². The fourth-order valence-corrected chi connectivity index (χ4v) is 3.05. The number of rotatable bonds is 6. The summed E-state index contributed by atoms with van der Waals surface area (Å²) in [5, 5.41) is 18.4. The summed E-state index contributed by atoms with van der Waals surface area (Å²) in [4.78, 5) is 24.4. The summed E-state index contributed by atoms with van der Waals surface area (Å²) in [5.74, 6) is -0.0735. The van der Waals surface area contributed by atoms with E-state index < -0.39 is 11.4 Å². The molecule has 0 saturated heterocycles. The normalized spacial score (nSPS) is 13.9. The van der Waals surface area contributed by atoms with Gasteiger partial charge < -0.3 is 35.3 Å². The molecule has 3 aromatic rings. The largest absolute Gasteiger partial charge is 0.504 e. The van der Waals surface area contributed by atoms with Crippen LogP contribution in [0.3, 0.4) is 0 Å². The van der Waals surface area contributed by atoms with Crippen molar-refractivity contribution in [1.82, 2.24) is 15.0 Å². The monoisotopic (exact) mass is 456 g/mol. The summed E-state index contributed by atoms with van der Waals surface area (Å²) in [6, 6.07) is 6.12. The Morgan fingerprint density at radius 1 is 1.15 bits per heavy atom. The number of amides is 1. The molecule has 0 fully saturated rings. The number of fused-ring (bicyclic) bond motifs is 1. The number of phenolic OH excluding ortho intramolecular Hbond substituents is 1. The van der Waals surface area contributed by atoms with Gasteiger partial charge in [-0.2, -0.15) is 4.98 Å². The molecule has 0 bridgehead atoms. The fraction of sp³-hybridized carbons (Fsp3) is 0.238. The number of ether oxygens (including phenoxy) is 3. The molecule has 12 heteroatoms. The van der Waals surface area contributed by atoms with Crippen LogP contribution in [0, 0.1) is 5.82 Å². The number of hydrogen-bond acceptors (Lipinski definition) is 10. The maximum absolute atomic E-state index is 14.4. The molecule has 0 atom stereocenters. The molecule has 0 aliphatic carbocycles. The first-order valence-electron chi connectivity index (χ1n) is 9.73. The van der Waals surface area contributed by atoms with E-state index in [0.29, 0.717) is 11.4 Å². The van der Waals surface area contributed by atoms with E-state index in [1.807, 2.05) is 0 Å². The summed E-state index contributed by atoms with van der Waals surface area (Å²) in [5.41, 5.74) is -0.640. The van der Waals surface area contributed by atoms with Gasteiger partial charge in [0.1, 0.15) is 5.82 Å². The lowest BCUT2D eigenvalue weighted by molar-refractivity contribution is -0.129. The number of methoxy groups -OCH3 is 2. The molecule has 1 aliphatic rings. The van der Waals surface area contributed by atoms with Crippen LogP contribution in [0.25, 0.3) is 0 Å². The molecular formula is C21H21FN6O5. The van der Waals surface area contributed by atoms with Crippen molar-refractivity contribution in [2.45, 2.75) is 19.4 Å². The van der Waals surface area contributed by atoms with Crippen LogP contribution in [0.15, 0.2) is 30.5 Å². The zero-order valence-electron chi connectivity index (χ0n) is 18.2. The van der Waals surface area contributed by atoms with E-state index in [1.54, 1.807) is 32.0 Å². The first kappa shape index (κ1) is 21.9. The molecule has 1 aliphatic heterocycles. The lowest BCUT2D eigenvalue weighted by Crippen LogP contribution is -2.46. The zero-order chi connectivity index (χ0) is 23.8. The number of pyridine rings is 1. The number of halogens is 1. The molecule has 1 aromatic carbocycles. The molecule has 2 aromatic heterocycles. The van der Waals surface area contributed by atoms with Crippen LogP contribution in [0.1, 0.15) is 13.8 Å². The minimum atomic E-state index is -1.03. The van der Waals surface area contributed by atoms with Crippen molar-refractivity contribution in [2.75, 3.05) is 30.2 Å². The first-order chi connectivity index (χ1) is 15.7. The van der Waals surface area contributed by atoms with Gasteiger partial charge >= 0.3 is 0 Å². The summed E-state index contributed by atoms with van der Waals surface area (Å²) < 4.78 is 30.3. The predicted molar refractivity (Wildman–Crippen MR) is 117 cm³/mol. The Balaban J connectivity index is 1.57. The maximum atomic E-state index is 14.4. The van der Waals surface area contributed by atoms with E-state index in [9.17, 15) is 14.3 Å². The number of aromatic hydroxyl groups is 1. The molecular weight excluding hydrogens is 435 g/mol. The molecule has 3 heterocycles. The molecule has 0 saturated carbocycles. The van der Waals surface area contributed by atoms with Gasteiger partial charge in [-0.05, 0) is 26.0 Å². The SMILES string of the molecule is COc1cc(Nc2ncc(F)c(Nc3ccc4c(n3)NC(=O)C(C)(C)O4)n2)cc(O)c1OC. The van der Waals surface area contributed by atoms with Gasteiger partial charge in [-0.3, -0.25) is 4.79 Å². The molecule has 0 spiro atoms. The zero-order valence-corrected chi connectivity index (χ0v) is 18.2. The van der Waals surface area contributed by atoms with Crippen LogP contribution in [0.4, 0.5) is 33.5 Å². The Labute approximate surface area is 187 Å². The smallest absolute Gasteiger partial charge is 0.269 e. The number of benzene rings is 1. The van der Waals surface area contributed by atoms with Crippen molar-refractivity contribution >= 4 is 35.0 Å². The molecule has 4 rings (SSSR count). The van der Waals surface area contributed by atoms with Gasteiger partial charge in [0.05, 0.1) is 20.4 Å². The predicted octanol–water partition coefficient (Wildman–Crippen LogP) is 3.33. The van der Waals surface area contributed by atoms with Gasteiger partial charge in [0, 0.05) is 17.8 Å². The second-order valence-electron chi connectivity index (χ2n) is 7.48. The van der Waals surface area contributed by atoms with E-state index >= 15 is 0 Å². The second kappa shape index (κ2) is 8.30. The number of aromatic nitrogens is 3. The number of nitrogens with zero attached hydrogens (tertiary/aromatic N) is 3. The number of phenols is 1. The van der Waals surface area contributed by atoms with Crippen LogP contribution in [0.5, 0.6) is 23.0 Å². The highest BCUT2D eigenvalue weighted by Gasteiger charge is 2.36. The fourth-order valence-electron chi connectivity index (χ4n) is 3.05. The van der Waals surface area contributed by atoms with Crippen LogP contribution < -0.4 is 30.2 Å². The maximum Gasteiger partial charge on any atom is 0.269 e. The highest BCUT2D eigenvalue weighted by molar-refractivity contribution is 5.99. The minimum absolute atomic E-state index is 0.0434. The van der Waals surface area contributed by atoms with Gasteiger partial charge in [-0.25, -0.2) is 14.4 Å². The van der Waals surface area contributed by atoms with Gasteiger partial charge in [0.2, 0.25) is 11.7 Å². The molecule has 1 amide bonds. The van der Waals surface area contributed by atoms with Crippen LogP contribution in [-0.4, -0.2) is 45.8 Å². The summed E-state index contributed by atoms with van der Waals surface area (Å²) in [7, 11) is 2.83. The standard InChI is InChI=1S/C21H21FN6O5/c1-21(2)19(30)27-18-13(33-21)5-6-15(26-18)25-17-11(22)9-23-20(28-17)24-10-7-12(29)16(32-4)14(8-10)31-3/h5-9,29H,1-4H3,(H3,23,24,25,26,27,28,30). The summed E-state index contributed by atoms with van der Waals surface area (Å²) >= 11 is 0. The summed E-state index contributed by atoms with van der Waals surface area (Å²) in [6.07, 6.45) is 0.976. The van der Waals surface area contributed by atoms with Gasteiger partial charge in [0.15, 0.2) is 40.3 Å². The van der Waals surface area contributed by atoms with Crippen molar-refractivity contribution in [3.05, 3.63) is 36.3 Å². The van der Waals surface area contributed by atoms with Gasteiger partial charge in [0.25, 0.3) is 5.91 Å². The third-order valence-corrected chi connectivity index (χ3v) is 4.71. The Bertz CT molecular complexity index is 1240. The molecule has 11 nitrogen and oxygen atoms in total. The number of anilines is 5. The number of nitrogens with one attached hydrogen (secondary N) is 3. The highest BCUT2D eigenvalue weighted by Crippen LogP contribution is 2.40. The topological polar surface area (TPSA) is 140 Å². The molecule has 172 valence electrons. The molecule has 0 unspecified atom stereocenters. The lowest BCUT2D eigenvalue weighted by atomic mass is 10.1. The van der Waals surface area contributed by atoms with Crippen LogP contribution in [-0.2, 0) is 4.79 Å². The second-order valence-corrected chi connectivity index (χ2v) is 7.48. The van der Waals surface area contributed by atoms with Crippen molar-refractivity contribution in [3.63, 3.8) is 0 Å². The Hall–Kier alpha value is -4.35. The van der Waals surface area contributed by atoms with Crippen molar-refractivity contribution in [1.29, 1.82) is 0 Å². The van der Waals surface area contributed by atoms with E-state index in [1.165, 1.54) is 20.3 Å². The Morgan fingerprint density at radius 3 is 2.67 bits per heavy atom. The Morgan fingerprint density at radius 2 is 1.94 bits per heavy atom. The number of carbonyl (C=O) groups is 1. The van der Waals surface area contributed by atoms with E-state index in [2.05, 4.69) is 30.9 Å². The van der Waals surface area contributed by atoms with Gasteiger partial charge in [-0.1, -0.05) is 0 Å². The first-order valence-corrected chi connectivity index (χ1v) is 9.73. The average molecular weight is 456 g/mol. The van der Waals surface area contributed by atoms with Crippen molar-refractivity contribution in [2.24, 2.45) is 0 Å². The molecule has 33 heavy (non-hydrogen) atoms. The minimum Gasteiger partial charge on any atom is -0.504 e.